The Balaban J connectivity index is 2.36. The predicted octanol–water partition coefficient (Wildman–Crippen LogP) is 3.81. The molecular formula is C14H19FN2O3S2. The molecule has 0 aliphatic carbocycles. The van der Waals surface area contributed by atoms with Gasteiger partial charge in [-0.05, 0) is 31.5 Å². The van der Waals surface area contributed by atoms with Crippen molar-refractivity contribution in [2.24, 2.45) is 5.92 Å². The molecule has 1 rings (SSSR count). The second kappa shape index (κ2) is 8.89. The Labute approximate surface area is 138 Å². The summed E-state index contributed by atoms with van der Waals surface area (Å²) in [5, 5.41) is 0. The molecule has 0 bridgehead atoms. The number of unbranched alkanes of at least 4 members (excludes halogenated alkanes) is 2. The Morgan fingerprint density at radius 2 is 2.00 bits per heavy atom. The molecule has 0 atom stereocenters. The maximum atomic E-state index is 13.3. The van der Waals surface area contributed by atoms with Crippen LogP contribution in [0, 0.1) is 21.1 Å². The first-order chi connectivity index (χ1) is 10.3. The SMILES string of the molecule is CC(C)C(=O)OCCCCCC(=O)n1cc(F)c(=S)[nH]c1=S. The van der Waals surface area contributed by atoms with Crippen LogP contribution in [0.15, 0.2) is 6.20 Å². The normalized spacial score (nSPS) is 10.7. The Morgan fingerprint density at radius 1 is 1.32 bits per heavy atom. The van der Waals surface area contributed by atoms with Gasteiger partial charge in [0.15, 0.2) is 10.6 Å². The average molecular weight is 346 g/mol. The van der Waals surface area contributed by atoms with Crippen molar-refractivity contribution in [2.75, 3.05) is 6.61 Å². The van der Waals surface area contributed by atoms with Crippen molar-refractivity contribution in [1.29, 1.82) is 0 Å². The van der Waals surface area contributed by atoms with Gasteiger partial charge < -0.3 is 9.72 Å². The lowest BCUT2D eigenvalue weighted by Crippen LogP contribution is -2.14. The molecule has 5 nitrogen and oxygen atoms in total. The number of ether oxygens (including phenoxy) is 1. The summed E-state index contributed by atoms with van der Waals surface area (Å²) < 4.78 is 19.4. The first kappa shape index (κ1) is 18.6. The lowest BCUT2D eigenvalue weighted by atomic mass is 10.2. The third kappa shape index (κ3) is 5.76. The fourth-order valence-corrected chi connectivity index (χ4v) is 2.12. The molecule has 1 heterocycles. The zero-order valence-corrected chi connectivity index (χ0v) is 14.2. The zero-order chi connectivity index (χ0) is 16.7. The standard InChI is InChI=1S/C14H19FN2O3S2/c1-9(2)13(19)20-7-5-3-4-6-11(18)17-8-10(15)12(21)16-14(17)22/h8-9H,3-7H2,1-2H3,(H,16,21,22). The highest BCUT2D eigenvalue weighted by Crippen LogP contribution is 2.06. The van der Waals surface area contributed by atoms with Gasteiger partial charge in [0.1, 0.15) is 4.64 Å². The van der Waals surface area contributed by atoms with Gasteiger partial charge in [-0.25, -0.2) is 4.39 Å². The van der Waals surface area contributed by atoms with Crippen molar-refractivity contribution in [3.8, 4) is 0 Å². The van der Waals surface area contributed by atoms with E-state index in [-0.39, 0.29) is 33.6 Å². The second-order valence-corrected chi connectivity index (χ2v) is 5.93. The summed E-state index contributed by atoms with van der Waals surface area (Å²) >= 11 is 9.64. The van der Waals surface area contributed by atoms with Gasteiger partial charge in [0.25, 0.3) is 0 Å². The van der Waals surface area contributed by atoms with E-state index in [4.69, 9.17) is 29.2 Å². The number of H-pyrrole nitrogens is 1. The number of rotatable bonds is 7. The van der Waals surface area contributed by atoms with Crippen LogP contribution in [-0.2, 0) is 9.53 Å². The van der Waals surface area contributed by atoms with Crippen LogP contribution >= 0.6 is 24.4 Å². The molecule has 1 N–H and O–H groups in total. The van der Waals surface area contributed by atoms with Crippen LogP contribution < -0.4 is 0 Å². The molecule has 0 amide bonds. The van der Waals surface area contributed by atoms with Gasteiger partial charge in [0, 0.05) is 6.42 Å². The van der Waals surface area contributed by atoms with Crippen molar-refractivity contribution in [3.05, 3.63) is 21.4 Å². The number of hydrogen-bond acceptors (Lipinski definition) is 5. The maximum absolute atomic E-state index is 13.3. The largest absolute Gasteiger partial charge is 0.465 e. The van der Waals surface area contributed by atoms with E-state index < -0.39 is 5.82 Å². The summed E-state index contributed by atoms with van der Waals surface area (Å²) in [4.78, 5) is 25.6. The summed E-state index contributed by atoms with van der Waals surface area (Å²) in [6.45, 7) is 3.89. The smallest absolute Gasteiger partial charge is 0.308 e. The fourth-order valence-electron chi connectivity index (χ4n) is 1.65. The minimum absolute atomic E-state index is 0.0854. The van der Waals surface area contributed by atoms with Gasteiger partial charge in [0.2, 0.25) is 5.91 Å². The van der Waals surface area contributed by atoms with Crippen molar-refractivity contribution in [2.45, 2.75) is 39.5 Å². The van der Waals surface area contributed by atoms with E-state index in [9.17, 15) is 14.0 Å². The summed E-state index contributed by atoms with van der Waals surface area (Å²) in [5.41, 5.74) is 0. The predicted molar refractivity (Wildman–Crippen MR) is 85.3 cm³/mol. The first-order valence-corrected chi connectivity index (χ1v) is 7.86. The molecule has 0 saturated carbocycles. The van der Waals surface area contributed by atoms with Crippen LogP contribution in [0.1, 0.15) is 44.3 Å². The molecule has 0 fully saturated rings. The van der Waals surface area contributed by atoms with Gasteiger partial charge in [-0.3, -0.25) is 14.2 Å². The van der Waals surface area contributed by atoms with Gasteiger partial charge in [-0.1, -0.05) is 26.1 Å². The number of aromatic nitrogens is 2. The summed E-state index contributed by atoms with van der Waals surface area (Å²) in [5.74, 6) is -1.34. The molecule has 0 saturated heterocycles. The van der Waals surface area contributed by atoms with Crippen LogP contribution in [0.3, 0.4) is 0 Å². The Morgan fingerprint density at radius 3 is 2.64 bits per heavy atom. The Kier molecular flexibility index (Phi) is 7.53. The monoisotopic (exact) mass is 346 g/mol. The number of aromatic amines is 1. The molecule has 8 heteroatoms. The van der Waals surface area contributed by atoms with Crippen LogP contribution in [0.5, 0.6) is 0 Å². The Hall–Kier alpha value is -1.41. The van der Waals surface area contributed by atoms with E-state index in [0.29, 0.717) is 19.4 Å². The highest BCUT2D eigenvalue weighted by Gasteiger charge is 2.09. The fraction of sp³-hybridized carbons (Fsp3) is 0.571. The quantitative estimate of drug-likeness (QED) is 0.462. The third-order valence-electron chi connectivity index (χ3n) is 2.92. The number of carbonyl (C=O) groups excluding carboxylic acids is 2. The van der Waals surface area contributed by atoms with Crippen LogP contribution in [0.4, 0.5) is 4.39 Å². The molecule has 0 radical (unpaired) electrons. The van der Waals surface area contributed by atoms with Gasteiger partial charge >= 0.3 is 5.97 Å². The third-order valence-corrected chi connectivity index (χ3v) is 3.51. The molecule has 0 aromatic carbocycles. The van der Waals surface area contributed by atoms with Crippen molar-refractivity contribution < 1.29 is 18.7 Å². The molecule has 0 aliphatic heterocycles. The second-order valence-electron chi connectivity index (χ2n) is 5.13. The lowest BCUT2D eigenvalue weighted by molar-refractivity contribution is -0.147. The van der Waals surface area contributed by atoms with E-state index in [2.05, 4.69) is 4.98 Å². The molecule has 0 aliphatic rings. The zero-order valence-electron chi connectivity index (χ0n) is 12.6. The molecule has 22 heavy (non-hydrogen) atoms. The van der Waals surface area contributed by atoms with Crippen LogP contribution in [0.2, 0.25) is 0 Å². The lowest BCUT2D eigenvalue weighted by Gasteiger charge is -2.07. The van der Waals surface area contributed by atoms with Crippen molar-refractivity contribution in [1.82, 2.24) is 9.55 Å². The maximum Gasteiger partial charge on any atom is 0.308 e. The number of carbonyl (C=O) groups is 2. The van der Waals surface area contributed by atoms with Crippen molar-refractivity contribution in [3.63, 3.8) is 0 Å². The molecule has 122 valence electrons. The first-order valence-electron chi connectivity index (χ1n) is 7.04. The topological polar surface area (TPSA) is 64.1 Å². The number of esters is 1. The highest BCUT2D eigenvalue weighted by molar-refractivity contribution is 7.72. The molecule has 1 aromatic heterocycles. The van der Waals surface area contributed by atoms with E-state index >= 15 is 0 Å². The number of hydrogen-bond donors (Lipinski definition) is 1. The van der Waals surface area contributed by atoms with Gasteiger partial charge in [-0.15, -0.1) is 0 Å². The van der Waals surface area contributed by atoms with E-state index in [1.807, 2.05) is 0 Å². The average Bonchev–Trinajstić information content (AvgIpc) is 2.45. The van der Waals surface area contributed by atoms with E-state index in [1.165, 1.54) is 0 Å². The summed E-state index contributed by atoms with van der Waals surface area (Å²) in [6, 6.07) is 0. The molecular weight excluding hydrogens is 327 g/mol. The molecule has 0 spiro atoms. The minimum atomic E-state index is -0.683. The van der Waals surface area contributed by atoms with Crippen molar-refractivity contribution >= 4 is 36.3 Å². The number of nitrogens with zero attached hydrogens (tertiary/aromatic N) is 1. The highest BCUT2D eigenvalue weighted by atomic mass is 32.1. The van der Waals surface area contributed by atoms with E-state index in [0.717, 1.165) is 17.2 Å². The number of halogens is 1. The van der Waals surface area contributed by atoms with E-state index in [1.54, 1.807) is 13.8 Å². The van der Waals surface area contributed by atoms with Gasteiger partial charge in [-0.2, -0.15) is 0 Å². The van der Waals surface area contributed by atoms with Crippen LogP contribution in [0.25, 0.3) is 0 Å². The summed E-state index contributed by atoms with van der Waals surface area (Å²) in [6.07, 6.45) is 3.26. The molecule has 1 aromatic rings. The molecule has 0 unspecified atom stereocenters. The van der Waals surface area contributed by atoms with Crippen LogP contribution in [-0.4, -0.2) is 28.0 Å². The Bertz CT molecular complexity index is 652. The number of nitrogens with one attached hydrogen (secondary N) is 1. The minimum Gasteiger partial charge on any atom is -0.465 e. The van der Waals surface area contributed by atoms with Gasteiger partial charge in [0.05, 0.1) is 18.7 Å². The summed E-state index contributed by atoms with van der Waals surface area (Å²) in [7, 11) is 0.